The molecule has 6 nitrogen and oxygen atoms in total. The van der Waals surface area contributed by atoms with Crippen LogP contribution in [0.1, 0.15) is 71.7 Å². The lowest BCUT2D eigenvalue weighted by Gasteiger charge is -2.20. The number of benzene rings is 3. The first-order valence-electron chi connectivity index (χ1n) is 12.9. The first-order chi connectivity index (χ1) is 17.7. The van der Waals surface area contributed by atoms with Crippen LogP contribution >= 0.6 is 12.4 Å². The van der Waals surface area contributed by atoms with Crippen molar-refractivity contribution in [1.82, 2.24) is 10.0 Å². The Balaban J connectivity index is 0.00000400. The van der Waals surface area contributed by atoms with Crippen LogP contribution in [0.4, 0.5) is 0 Å². The minimum atomic E-state index is -3.63. The summed E-state index contributed by atoms with van der Waals surface area (Å²) in [5.74, 6) is -0.302. The predicted molar refractivity (Wildman–Crippen MR) is 155 cm³/mol. The van der Waals surface area contributed by atoms with Gasteiger partial charge >= 0.3 is 0 Å². The van der Waals surface area contributed by atoms with E-state index in [1.54, 1.807) is 6.07 Å². The Labute approximate surface area is 232 Å². The van der Waals surface area contributed by atoms with E-state index < -0.39 is 22.0 Å². The van der Waals surface area contributed by atoms with Crippen LogP contribution in [0.15, 0.2) is 72.8 Å². The van der Waals surface area contributed by atoms with E-state index in [1.165, 1.54) is 5.56 Å². The average Bonchev–Trinajstić information content (AvgIpc) is 3.43. The maximum Gasteiger partial charge on any atom is 0.265 e. The van der Waals surface area contributed by atoms with Crippen LogP contribution < -0.4 is 10.0 Å². The summed E-state index contributed by atoms with van der Waals surface area (Å²) in [4.78, 5) is 12.7. The number of aliphatic hydroxyl groups is 1. The number of carbonyl (C=O) groups excluding carboxylic acids is 1. The van der Waals surface area contributed by atoms with E-state index in [0.29, 0.717) is 5.56 Å². The van der Waals surface area contributed by atoms with Crippen LogP contribution in [0.25, 0.3) is 11.1 Å². The Morgan fingerprint density at radius 3 is 2.24 bits per heavy atom. The van der Waals surface area contributed by atoms with E-state index in [9.17, 15) is 18.3 Å². The Hall–Kier alpha value is -2.71. The Morgan fingerprint density at radius 2 is 1.61 bits per heavy atom. The van der Waals surface area contributed by atoms with Crippen LogP contribution in [-0.4, -0.2) is 38.3 Å². The van der Waals surface area contributed by atoms with Gasteiger partial charge in [-0.2, -0.15) is 0 Å². The monoisotopic (exact) mass is 556 g/mol. The molecule has 1 saturated carbocycles. The van der Waals surface area contributed by atoms with Crippen molar-refractivity contribution in [3.05, 3.63) is 95.1 Å². The molecule has 0 unspecified atom stereocenters. The number of nitrogens with one attached hydrogen (secondary N) is 2. The Bertz CT molecular complexity index is 1310. The molecule has 0 radical (unpaired) electrons. The van der Waals surface area contributed by atoms with Crippen LogP contribution in [0.3, 0.4) is 0 Å². The highest BCUT2D eigenvalue weighted by Gasteiger charge is 2.24. The zero-order valence-electron chi connectivity index (χ0n) is 21.9. The van der Waals surface area contributed by atoms with Crippen LogP contribution in [0.5, 0.6) is 0 Å². The van der Waals surface area contributed by atoms with Gasteiger partial charge in [0, 0.05) is 11.6 Å². The second-order valence-corrected chi connectivity index (χ2v) is 11.8. The van der Waals surface area contributed by atoms with Crippen molar-refractivity contribution in [2.45, 2.75) is 57.1 Å². The van der Waals surface area contributed by atoms with Gasteiger partial charge in [0.15, 0.2) is 0 Å². The van der Waals surface area contributed by atoms with E-state index in [1.807, 2.05) is 43.3 Å². The largest absolute Gasteiger partial charge is 0.387 e. The molecule has 3 N–H and O–H groups in total. The van der Waals surface area contributed by atoms with Crippen molar-refractivity contribution in [2.24, 2.45) is 0 Å². The first-order valence-corrected chi connectivity index (χ1v) is 14.8. The third kappa shape index (κ3) is 7.90. The maximum absolute atomic E-state index is 12.7. The lowest BCUT2D eigenvalue weighted by atomic mass is 9.89. The molecule has 1 amide bonds. The molecule has 4 rings (SSSR count). The molecule has 0 heterocycles. The molecule has 204 valence electrons. The molecule has 1 fully saturated rings. The summed E-state index contributed by atoms with van der Waals surface area (Å²) in [5, 5.41) is 14.0. The summed E-state index contributed by atoms with van der Waals surface area (Å²) < 4.78 is 25.4. The van der Waals surface area contributed by atoms with Gasteiger partial charge in [-0.15, -0.1) is 12.4 Å². The smallest absolute Gasteiger partial charge is 0.265 e. The molecule has 0 saturated heterocycles. The summed E-state index contributed by atoms with van der Waals surface area (Å²) in [6.45, 7) is 2.74. The lowest BCUT2D eigenvalue weighted by Crippen LogP contribution is -2.33. The number of sulfonamides is 1. The van der Waals surface area contributed by atoms with Gasteiger partial charge in [-0.05, 0) is 72.5 Å². The van der Waals surface area contributed by atoms with Gasteiger partial charge in [-0.25, -0.2) is 13.1 Å². The molecular formula is C30H37ClN2O4S. The zero-order valence-corrected chi connectivity index (χ0v) is 23.5. The molecule has 1 aliphatic rings. The molecule has 2 atom stereocenters. The molecule has 8 heteroatoms. The van der Waals surface area contributed by atoms with Gasteiger partial charge in [0.25, 0.3) is 5.91 Å². The summed E-state index contributed by atoms with van der Waals surface area (Å²) in [7, 11) is -3.63. The van der Waals surface area contributed by atoms with E-state index in [0.717, 1.165) is 67.2 Å². The van der Waals surface area contributed by atoms with Gasteiger partial charge < -0.3 is 10.4 Å². The van der Waals surface area contributed by atoms with E-state index in [2.05, 4.69) is 40.4 Å². The number of amides is 1. The number of rotatable bonds is 10. The molecule has 3 aromatic carbocycles. The molecule has 0 aromatic heterocycles. The Kier molecular flexibility index (Phi) is 10.5. The number of carbonyl (C=O) groups is 1. The van der Waals surface area contributed by atoms with E-state index in [4.69, 9.17) is 0 Å². The standard InChI is InChI=1S/C30H36N2O4S.ClH/c1-21(29(33)25-10-4-3-5-11-25)31-19-18-22-12-14-23(15-13-22)26-16-17-27(30(34)32-37(2,35)36)28(20-26)24-8-6-7-9-24;/h3-5,10-17,20-21,24,29,31,33H,6-9,18-19H2,1-2H3,(H,32,34);1H/t21-,29-;/m0./s1. The minimum absolute atomic E-state index is 0. The third-order valence-corrected chi connectivity index (χ3v) is 7.71. The predicted octanol–water partition coefficient (Wildman–Crippen LogP) is 5.38. The van der Waals surface area contributed by atoms with Gasteiger partial charge in [0.2, 0.25) is 10.0 Å². The van der Waals surface area contributed by atoms with E-state index in [-0.39, 0.29) is 24.4 Å². The van der Waals surface area contributed by atoms with Crippen LogP contribution in [0.2, 0.25) is 0 Å². The van der Waals surface area contributed by atoms with Gasteiger partial charge in [0.05, 0.1) is 12.4 Å². The Morgan fingerprint density at radius 1 is 0.974 bits per heavy atom. The number of hydrogen-bond acceptors (Lipinski definition) is 5. The topological polar surface area (TPSA) is 95.5 Å². The fourth-order valence-electron chi connectivity index (χ4n) is 5.11. The molecule has 0 aliphatic heterocycles. The van der Waals surface area contributed by atoms with Crippen LogP contribution in [0, 0.1) is 0 Å². The number of halogens is 1. The summed E-state index contributed by atoms with van der Waals surface area (Å²) >= 11 is 0. The van der Waals surface area contributed by atoms with Crippen molar-refractivity contribution in [2.75, 3.05) is 12.8 Å². The van der Waals surface area contributed by atoms with Crippen molar-refractivity contribution in [3.8, 4) is 11.1 Å². The lowest BCUT2D eigenvalue weighted by molar-refractivity contribution is 0.0980. The normalized spacial score (nSPS) is 15.4. The zero-order chi connectivity index (χ0) is 26.4. The molecule has 1 aliphatic carbocycles. The summed E-state index contributed by atoms with van der Waals surface area (Å²) in [6.07, 6.45) is 5.53. The van der Waals surface area contributed by atoms with Crippen LogP contribution in [-0.2, 0) is 16.4 Å². The molecule has 0 spiro atoms. The average molecular weight is 557 g/mol. The van der Waals surface area contributed by atoms with Crippen molar-refractivity contribution < 1.29 is 18.3 Å². The van der Waals surface area contributed by atoms with Crippen molar-refractivity contribution in [1.29, 1.82) is 0 Å². The van der Waals surface area contributed by atoms with Gasteiger partial charge in [-0.1, -0.05) is 79.6 Å². The van der Waals surface area contributed by atoms with Crippen molar-refractivity contribution >= 4 is 28.3 Å². The minimum Gasteiger partial charge on any atom is -0.387 e. The highest BCUT2D eigenvalue weighted by Crippen LogP contribution is 2.38. The quantitative estimate of drug-likeness (QED) is 0.312. The van der Waals surface area contributed by atoms with Gasteiger partial charge in [0.1, 0.15) is 0 Å². The molecule has 3 aromatic rings. The number of aliphatic hydroxyl groups excluding tert-OH is 1. The molecule has 38 heavy (non-hydrogen) atoms. The SMILES string of the molecule is C[C@H](NCCc1ccc(-c2ccc(C(=O)NS(C)(=O)=O)c(C3CCCC3)c2)cc1)[C@H](O)c1ccccc1.Cl. The highest BCUT2D eigenvalue weighted by molar-refractivity contribution is 7.89. The second-order valence-electron chi connectivity index (χ2n) is 10.0. The maximum atomic E-state index is 12.7. The molecule has 0 bridgehead atoms. The second kappa shape index (κ2) is 13.4. The summed E-state index contributed by atoms with van der Waals surface area (Å²) in [5.41, 5.74) is 5.54. The molecular weight excluding hydrogens is 520 g/mol. The highest BCUT2D eigenvalue weighted by atomic mass is 35.5. The van der Waals surface area contributed by atoms with E-state index >= 15 is 0 Å². The number of hydrogen-bond donors (Lipinski definition) is 3. The van der Waals surface area contributed by atoms with Crippen molar-refractivity contribution in [3.63, 3.8) is 0 Å². The third-order valence-electron chi connectivity index (χ3n) is 7.15. The fourth-order valence-corrected chi connectivity index (χ4v) is 5.55. The van der Waals surface area contributed by atoms with Gasteiger partial charge in [-0.3, -0.25) is 4.79 Å². The summed E-state index contributed by atoms with van der Waals surface area (Å²) in [6, 6.07) is 23.7. The fraction of sp³-hybridized carbons (Fsp3) is 0.367. The first kappa shape index (κ1) is 29.8.